The van der Waals surface area contributed by atoms with Crippen molar-refractivity contribution in [2.75, 3.05) is 11.9 Å². The molecule has 1 amide bonds. The number of aryl methyl sites for hydroxylation is 1. The van der Waals surface area contributed by atoms with Crippen molar-refractivity contribution in [3.8, 4) is 5.75 Å². The summed E-state index contributed by atoms with van der Waals surface area (Å²) in [6.45, 7) is 3.39. The van der Waals surface area contributed by atoms with Gasteiger partial charge in [-0.2, -0.15) is 0 Å². The average molecular weight is 459 g/mol. The summed E-state index contributed by atoms with van der Waals surface area (Å²) < 4.78 is 33.5. The van der Waals surface area contributed by atoms with Crippen LogP contribution in [0.25, 0.3) is 0 Å². The second kappa shape index (κ2) is 9.96. The lowest BCUT2D eigenvalue weighted by Crippen LogP contribution is -2.27. The maximum absolute atomic E-state index is 12.7. The van der Waals surface area contributed by atoms with Gasteiger partial charge in [0, 0.05) is 11.7 Å². The molecule has 0 saturated heterocycles. The number of ether oxygens (including phenoxy) is 1. The molecule has 0 aliphatic carbocycles. The molecule has 6 nitrogen and oxygen atoms in total. The van der Waals surface area contributed by atoms with Gasteiger partial charge in [0.2, 0.25) is 10.0 Å². The van der Waals surface area contributed by atoms with Crippen LogP contribution in [0.5, 0.6) is 5.75 Å². The van der Waals surface area contributed by atoms with Crippen LogP contribution in [0.3, 0.4) is 0 Å². The number of sulfonamides is 1. The number of para-hydroxylation sites is 1. The number of halogens is 1. The molecule has 3 aromatic carbocycles. The van der Waals surface area contributed by atoms with E-state index in [2.05, 4.69) is 10.0 Å². The fraction of sp³-hybridized carbons (Fsp3) is 0.174. The van der Waals surface area contributed by atoms with Crippen molar-refractivity contribution >= 4 is 33.2 Å². The summed E-state index contributed by atoms with van der Waals surface area (Å²) in [5, 5.41) is 2.86. The van der Waals surface area contributed by atoms with E-state index < -0.39 is 16.1 Å². The Bertz CT molecular complexity index is 1170. The number of hydrogen-bond donors (Lipinski definition) is 2. The maximum atomic E-state index is 12.7. The van der Waals surface area contributed by atoms with E-state index in [1.54, 1.807) is 13.0 Å². The van der Waals surface area contributed by atoms with Crippen molar-refractivity contribution in [3.63, 3.8) is 0 Å². The number of carbonyl (C=O) groups excluding carboxylic acids is 1. The zero-order valence-electron chi connectivity index (χ0n) is 17.1. The minimum absolute atomic E-state index is 0.0111. The summed E-state index contributed by atoms with van der Waals surface area (Å²) in [5.74, 6) is -0.128. The van der Waals surface area contributed by atoms with E-state index in [0.29, 0.717) is 5.69 Å². The van der Waals surface area contributed by atoms with Crippen LogP contribution >= 0.6 is 11.6 Å². The molecule has 3 aromatic rings. The van der Waals surface area contributed by atoms with Gasteiger partial charge in [-0.1, -0.05) is 60.1 Å². The van der Waals surface area contributed by atoms with E-state index in [0.717, 1.165) is 11.1 Å². The lowest BCUT2D eigenvalue weighted by atomic mass is 10.1. The maximum Gasteiger partial charge on any atom is 0.262 e. The molecule has 0 bridgehead atoms. The molecule has 0 saturated carbocycles. The number of hydrogen-bond acceptors (Lipinski definition) is 4. The van der Waals surface area contributed by atoms with E-state index in [9.17, 15) is 13.2 Å². The third kappa shape index (κ3) is 6.07. The smallest absolute Gasteiger partial charge is 0.262 e. The topological polar surface area (TPSA) is 84.5 Å². The lowest BCUT2D eigenvalue weighted by molar-refractivity contribution is -0.118. The van der Waals surface area contributed by atoms with Crippen molar-refractivity contribution in [2.45, 2.75) is 24.8 Å². The lowest BCUT2D eigenvalue weighted by Gasteiger charge is -2.15. The SMILES string of the molecule is Cc1ccccc1NC(=O)COc1ccc(S(=O)(=O)NC(C)c2ccccc2)cc1Cl. The Morgan fingerprint density at radius 2 is 1.71 bits per heavy atom. The first-order valence-electron chi connectivity index (χ1n) is 9.61. The van der Waals surface area contributed by atoms with Gasteiger partial charge >= 0.3 is 0 Å². The molecule has 0 fully saturated rings. The van der Waals surface area contributed by atoms with Crippen molar-refractivity contribution in [3.05, 3.63) is 88.9 Å². The van der Waals surface area contributed by atoms with E-state index in [1.165, 1.54) is 18.2 Å². The van der Waals surface area contributed by atoms with Crippen LogP contribution in [0.1, 0.15) is 24.1 Å². The first-order chi connectivity index (χ1) is 14.8. The normalized spacial score (nSPS) is 12.2. The van der Waals surface area contributed by atoms with Crippen molar-refractivity contribution in [1.29, 1.82) is 0 Å². The monoisotopic (exact) mass is 458 g/mol. The number of carbonyl (C=O) groups is 1. The number of nitrogens with one attached hydrogen (secondary N) is 2. The Morgan fingerprint density at radius 1 is 1.03 bits per heavy atom. The van der Waals surface area contributed by atoms with E-state index in [4.69, 9.17) is 16.3 Å². The fourth-order valence-electron chi connectivity index (χ4n) is 2.92. The van der Waals surface area contributed by atoms with E-state index in [-0.39, 0.29) is 28.2 Å². The summed E-state index contributed by atoms with van der Waals surface area (Å²) >= 11 is 6.21. The first kappa shape index (κ1) is 22.8. The number of benzene rings is 3. The molecule has 0 aromatic heterocycles. The number of amides is 1. The predicted octanol–water partition coefficient (Wildman–Crippen LogP) is 4.71. The predicted molar refractivity (Wildman–Crippen MR) is 122 cm³/mol. The number of rotatable bonds is 8. The molecule has 1 unspecified atom stereocenters. The molecule has 31 heavy (non-hydrogen) atoms. The average Bonchev–Trinajstić information content (AvgIpc) is 2.75. The Hall–Kier alpha value is -2.87. The molecule has 0 radical (unpaired) electrons. The van der Waals surface area contributed by atoms with Gasteiger partial charge in [-0.3, -0.25) is 4.79 Å². The van der Waals surface area contributed by atoms with Gasteiger partial charge in [0.25, 0.3) is 5.91 Å². The second-order valence-corrected chi connectivity index (χ2v) is 9.12. The van der Waals surface area contributed by atoms with Gasteiger partial charge in [-0.15, -0.1) is 0 Å². The van der Waals surface area contributed by atoms with Crippen LogP contribution in [-0.2, 0) is 14.8 Å². The molecule has 0 spiro atoms. The van der Waals surface area contributed by atoms with E-state index >= 15 is 0 Å². The third-order valence-corrected chi connectivity index (χ3v) is 6.46. The van der Waals surface area contributed by atoms with Crippen LogP contribution < -0.4 is 14.8 Å². The van der Waals surface area contributed by atoms with Crippen molar-refractivity contribution < 1.29 is 17.9 Å². The van der Waals surface area contributed by atoms with Crippen molar-refractivity contribution in [2.24, 2.45) is 0 Å². The summed E-state index contributed by atoms with van der Waals surface area (Å²) in [4.78, 5) is 12.2. The highest BCUT2D eigenvalue weighted by Gasteiger charge is 2.20. The molecular formula is C23H23ClN2O4S. The zero-order chi connectivity index (χ0) is 22.4. The second-order valence-electron chi connectivity index (χ2n) is 7.00. The van der Waals surface area contributed by atoms with Crippen LogP contribution in [0, 0.1) is 6.92 Å². The highest BCUT2D eigenvalue weighted by Crippen LogP contribution is 2.28. The summed E-state index contributed by atoms with van der Waals surface area (Å²) in [5.41, 5.74) is 2.47. The first-order valence-corrected chi connectivity index (χ1v) is 11.5. The van der Waals surface area contributed by atoms with Gasteiger partial charge in [-0.05, 0) is 49.2 Å². The van der Waals surface area contributed by atoms with Gasteiger partial charge in [0.05, 0.1) is 9.92 Å². The highest BCUT2D eigenvalue weighted by molar-refractivity contribution is 7.89. The standard InChI is InChI=1S/C23H23ClN2O4S/c1-16-8-6-7-11-21(16)25-23(27)15-30-22-13-12-19(14-20(22)24)31(28,29)26-17(2)18-9-4-3-5-10-18/h3-14,17,26H,15H2,1-2H3,(H,25,27). The molecule has 0 aliphatic heterocycles. The molecule has 162 valence electrons. The third-order valence-electron chi connectivity index (χ3n) is 4.62. The quantitative estimate of drug-likeness (QED) is 0.512. The van der Waals surface area contributed by atoms with Crippen LogP contribution in [0.4, 0.5) is 5.69 Å². The largest absolute Gasteiger partial charge is 0.482 e. The summed E-state index contributed by atoms with van der Waals surface area (Å²) in [6, 6.07) is 20.4. The fourth-order valence-corrected chi connectivity index (χ4v) is 4.48. The molecular weight excluding hydrogens is 436 g/mol. The molecule has 3 rings (SSSR count). The molecule has 8 heteroatoms. The molecule has 1 atom stereocenters. The summed E-state index contributed by atoms with van der Waals surface area (Å²) in [7, 11) is -3.79. The minimum atomic E-state index is -3.79. The minimum Gasteiger partial charge on any atom is -0.482 e. The van der Waals surface area contributed by atoms with Gasteiger partial charge in [0.15, 0.2) is 6.61 Å². The Morgan fingerprint density at radius 3 is 2.39 bits per heavy atom. The summed E-state index contributed by atoms with van der Waals surface area (Å²) in [6.07, 6.45) is 0. The molecule has 0 heterocycles. The van der Waals surface area contributed by atoms with Gasteiger partial charge in [-0.25, -0.2) is 13.1 Å². The van der Waals surface area contributed by atoms with Crippen LogP contribution in [-0.4, -0.2) is 20.9 Å². The highest BCUT2D eigenvalue weighted by atomic mass is 35.5. The number of anilines is 1. The van der Waals surface area contributed by atoms with Crippen molar-refractivity contribution in [1.82, 2.24) is 4.72 Å². The van der Waals surface area contributed by atoms with Crippen LogP contribution in [0.15, 0.2) is 77.7 Å². The Kier molecular flexibility index (Phi) is 7.33. The Balaban J connectivity index is 1.64. The van der Waals surface area contributed by atoms with Gasteiger partial charge in [0.1, 0.15) is 5.75 Å². The van der Waals surface area contributed by atoms with E-state index in [1.807, 2.05) is 55.5 Å². The molecule has 0 aliphatic rings. The Labute approximate surface area is 187 Å². The van der Waals surface area contributed by atoms with Crippen LogP contribution in [0.2, 0.25) is 5.02 Å². The zero-order valence-corrected chi connectivity index (χ0v) is 18.7. The van der Waals surface area contributed by atoms with Gasteiger partial charge < -0.3 is 10.1 Å². The molecule has 2 N–H and O–H groups in total.